The molecule has 0 aliphatic heterocycles. The average Bonchev–Trinajstić information content (AvgIpc) is 2.36. The zero-order valence-corrected chi connectivity index (χ0v) is 11.9. The third-order valence-electron chi connectivity index (χ3n) is 2.97. The van der Waals surface area contributed by atoms with Crippen LogP contribution >= 0.6 is 11.6 Å². The van der Waals surface area contributed by atoms with E-state index in [4.69, 9.17) is 11.6 Å². The van der Waals surface area contributed by atoms with Crippen LogP contribution in [0.15, 0.2) is 24.3 Å². The molecule has 2 N–H and O–H groups in total. The standard InChI is InChI=1S/C14H21ClN2O/c1-4-10(2)16-9-14(18)17-11(3)12-7-5-6-8-13(12)15/h5-8,10-11,16H,4,9H2,1-3H3,(H,17,18)/t10?,11-/m1/s1. The third-order valence-corrected chi connectivity index (χ3v) is 3.32. The molecule has 0 aliphatic carbocycles. The fourth-order valence-electron chi connectivity index (χ4n) is 1.61. The molecular formula is C14H21ClN2O. The lowest BCUT2D eigenvalue weighted by atomic mass is 10.1. The Morgan fingerprint density at radius 2 is 2.00 bits per heavy atom. The molecule has 0 radical (unpaired) electrons. The van der Waals surface area contributed by atoms with Gasteiger partial charge in [-0.3, -0.25) is 4.79 Å². The summed E-state index contributed by atoms with van der Waals surface area (Å²) in [7, 11) is 0. The monoisotopic (exact) mass is 268 g/mol. The Morgan fingerprint density at radius 3 is 2.61 bits per heavy atom. The van der Waals surface area contributed by atoms with Crippen molar-refractivity contribution in [3.63, 3.8) is 0 Å². The molecule has 18 heavy (non-hydrogen) atoms. The zero-order chi connectivity index (χ0) is 13.5. The first kappa shape index (κ1) is 15.0. The van der Waals surface area contributed by atoms with Gasteiger partial charge >= 0.3 is 0 Å². The van der Waals surface area contributed by atoms with Crippen molar-refractivity contribution in [2.75, 3.05) is 6.54 Å². The van der Waals surface area contributed by atoms with Crippen LogP contribution < -0.4 is 10.6 Å². The first-order valence-electron chi connectivity index (χ1n) is 6.31. The van der Waals surface area contributed by atoms with Gasteiger partial charge in [-0.15, -0.1) is 0 Å². The van der Waals surface area contributed by atoms with Crippen LogP contribution in [0.25, 0.3) is 0 Å². The fraction of sp³-hybridized carbons (Fsp3) is 0.500. The van der Waals surface area contributed by atoms with Gasteiger partial charge in [0.1, 0.15) is 0 Å². The van der Waals surface area contributed by atoms with Crippen LogP contribution in [0.2, 0.25) is 5.02 Å². The van der Waals surface area contributed by atoms with Crippen molar-refractivity contribution in [1.82, 2.24) is 10.6 Å². The number of nitrogens with one attached hydrogen (secondary N) is 2. The van der Waals surface area contributed by atoms with Gasteiger partial charge in [-0.05, 0) is 31.9 Å². The largest absolute Gasteiger partial charge is 0.348 e. The Labute approximate surface area is 114 Å². The number of hydrogen-bond acceptors (Lipinski definition) is 2. The van der Waals surface area contributed by atoms with E-state index in [0.29, 0.717) is 17.6 Å². The van der Waals surface area contributed by atoms with Crippen molar-refractivity contribution in [3.8, 4) is 0 Å². The lowest BCUT2D eigenvalue weighted by Gasteiger charge is -2.17. The summed E-state index contributed by atoms with van der Waals surface area (Å²) in [5.41, 5.74) is 0.941. The van der Waals surface area contributed by atoms with E-state index in [1.807, 2.05) is 31.2 Å². The number of rotatable bonds is 6. The van der Waals surface area contributed by atoms with Crippen LogP contribution in [0.4, 0.5) is 0 Å². The van der Waals surface area contributed by atoms with Crippen LogP contribution in [0.1, 0.15) is 38.8 Å². The number of hydrogen-bond donors (Lipinski definition) is 2. The highest BCUT2D eigenvalue weighted by Gasteiger charge is 2.12. The summed E-state index contributed by atoms with van der Waals surface area (Å²) in [4.78, 5) is 11.7. The van der Waals surface area contributed by atoms with Gasteiger partial charge < -0.3 is 10.6 Å². The normalized spacial score (nSPS) is 14.0. The zero-order valence-electron chi connectivity index (χ0n) is 11.2. The topological polar surface area (TPSA) is 41.1 Å². The Bertz CT molecular complexity index is 395. The van der Waals surface area contributed by atoms with Crippen LogP contribution in [-0.4, -0.2) is 18.5 Å². The van der Waals surface area contributed by atoms with Gasteiger partial charge in [-0.25, -0.2) is 0 Å². The molecule has 0 spiro atoms. The first-order chi connectivity index (χ1) is 8.54. The van der Waals surface area contributed by atoms with Gasteiger partial charge in [0, 0.05) is 11.1 Å². The Kier molecular flexibility index (Phi) is 6.16. The van der Waals surface area contributed by atoms with E-state index >= 15 is 0 Å². The molecule has 100 valence electrons. The number of carbonyl (C=O) groups is 1. The maximum Gasteiger partial charge on any atom is 0.234 e. The molecule has 0 fully saturated rings. The SMILES string of the molecule is CCC(C)NCC(=O)N[C@H](C)c1ccccc1Cl. The van der Waals surface area contributed by atoms with E-state index in [1.165, 1.54) is 0 Å². The lowest BCUT2D eigenvalue weighted by Crippen LogP contribution is -2.38. The summed E-state index contributed by atoms with van der Waals surface area (Å²) in [6, 6.07) is 7.83. The minimum atomic E-state index is -0.0788. The predicted molar refractivity (Wildman–Crippen MR) is 75.8 cm³/mol. The molecule has 0 aromatic heterocycles. The van der Waals surface area contributed by atoms with Gasteiger partial charge in [0.15, 0.2) is 0 Å². The highest BCUT2D eigenvalue weighted by molar-refractivity contribution is 6.31. The van der Waals surface area contributed by atoms with Crippen molar-refractivity contribution in [3.05, 3.63) is 34.9 Å². The highest BCUT2D eigenvalue weighted by atomic mass is 35.5. The molecule has 0 heterocycles. The quantitative estimate of drug-likeness (QED) is 0.833. The van der Waals surface area contributed by atoms with E-state index in [2.05, 4.69) is 24.5 Å². The van der Waals surface area contributed by atoms with Crippen molar-refractivity contribution in [1.29, 1.82) is 0 Å². The Hall–Kier alpha value is -1.06. The van der Waals surface area contributed by atoms with Crippen LogP contribution in [0, 0.1) is 0 Å². The molecule has 1 aromatic rings. The number of amides is 1. The Balaban J connectivity index is 2.47. The molecule has 3 nitrogen and oxygen atoms in total. The second kappa shape index (κ2) is 7.39. The van der Waals surface area contributed by atoms with Gasteiger partial charge in [-0.2, -0.15) is 0 Å². The molecule has 1 aromatic carbocycles. The van der Waals surface area contributed by atoms with E-state index < -0.39 is 0 Å². The Morgan fingerprint density at radius 1 is 1.33 bits per heavy atom. The predicted octanol–water partition coefficient (Wildman–Crippen LogP) is 2.91. The van der Waals surface area contributed by atoms with Crippen molar-refractivity contribution < 1.29 is 4.79 Å². The van der Waals surface area contributed by atoms with E-state index in [9.17, 15) is 4.79 Å². The summed E-state index contributed by atoms with van der Waals surface area (Å²) in [5.74, 6) is -0.0114. The molecule has 1 amide bonds. The van der Waals surface area contributed by atoms with Gasteiger partial charge in [0.2, 0.25) is 5.91 Å². The second-order valence-corrected chi connectivity index (χ2v) is 4.91. The van der Waals surface area contributed by atoms with Crippen LogP contribution in [-0.2, 0) is 4.79 Å². The van der Waals surface area contributed by atoms with Crippen molar-refractivity contribution >= 4 is 17.5 Å². The summed E-state index contributed by atoms with van der Waals surface area (Å²) in [5, 5.41) is 6.77. The third kappa shape index (κ3) is 4.67. The van der Waals surface area contributed by atoms with Crippen LogP contribution in [0.5, 0.6) is 0 Å². The van der Waals surface area contributed by atoms with E-state index in [0.717, 1.165) is 12.0 Å². The maximum absolute atomic E-state index is 11.7. The van der Waals surface area contributed by atoms with E-state index in [1.54, 1.807) is 0 Å². The molecule has 4 heteroatoms. The average molecular weight is 269 g/mol. The number of carbonyl (C=O) groups excluding carboxylic acids is 1. The molecule has 0 saturated heterocycles. The summed E-state index contributed by atoms with van der Waals surface area (Å²) in [6.45, 7) is 6.42. The fourth-order valence-corrected chi connectivity index (χ4v) is 1.91. The van der Waals surface area contributed by atoms with Crippen molar-refractivity contribution in [2.24, 2.45) is 0 Å². The first-order valence-corrected chi connectivity index (χ1v) is 6.69. The minimum Gasteiger partial charge on any atom is -0.348 e. The molecule has 0 saturated carbocycles. The summed E-state index contributed by atoms with van der Waals surface area (Å²) < 4.78 is 0. The molecule has 2 atom stereocenters. The minimum absolute atomic E-state index is 0.0114. The highest BCUT2D eigenvalue weighted by Crippen LogP contribution is 2.21. The van der Waals surface area contributed by atoms with E-state index in [-0.39, 0.29) is 11.9 Å². The summed E-state index contributed by atoms with van der Waals surface area (Å²) in [6.07, 6.45) is 1.01. The molecule has 1 unspecified atom stereocenters. The molecular weight excluding hydrogens is 248 g/mol. The smallest absolute Gasteiger partial charge is 0.234 e. The second-order valence-electron chi connectivity index (χ2n) is 4.50. The number of benzene rings is 1. The maximum atomic E-state index is 11.7. The van der Waals surface area contributed by atoms with Gasteiger partial charge in [0.25, 0.3) is 0 Å². The van der Waals surface area contributed by atoms with Gasteiger partial charge in [0.05, 0.1) is 12.6 Å². The molecule has 1 rings (SSSR count). The van der Waals surface area contributed by atoms with Crippen LogP contribution in [0.3, 0.4) is 0 Å². The van der Waals surface area contributed by atoms with Gasteiger partial charge in [-0.1, -0.05) is 36.7 Å². The molecule has 0 aliphatic rings. The summed E-state index contributed by atoms with van der Waals surface area (Å²) >= 11 is 6.09. The lowest BCUT2D eigenvalue weighted by molar-refractivity contribution is -0.121. The molecule has 0 bridgehead atoms. The number of halogens is 1. The van der Waals surface area contributed by atoms with Crippen molar-refractivity contribution in [2.45, 2.75) is 39.3 Å².